The number of nitrogens with zero attached hydrogens (tertiary/aromatic N) is 2. The lowest BCUT2D eigenvalue weighted by molar-refractivity contribution is -0.153. The van der Waals surface area contributed by atoms with Crippen molar-refractivity contribution in [2.45, 2.75) is 30.6 Å². The highest BCUT2D eigenvalue weighted by molar-refractivity contribution is 6.24. The van der Waals surface area contributed by atoms with E-state index in [9.17, 15) is 44.7 Å². The van der Waals surface area contributed by atoms with Crippen LogP contribution in [0.15, 0.2) is 53.3 Å². The molecule has 5 atom stereocenters. The van der Waals surface area contributed by atoms with Crippen molar-refractivity contribution in [1.82, 2.24) is 9.80 Å². The van der Waals surface area contributed by atoms with Gasteiger partial charge in [0, 0.05) is 25.6 Å². The van der Waals surface area contributed by atoms with Crippen LogP contribution in [0.3, 0.4) is 0 Å². The van der Waals surface area contributed by atoms with Crippen LogP contribution in [0.4, 0.5) is 0 Å². The van der Waals surface area contributed by atoms with Gasteiger partial charge in [0.25, 0.3) is 11.8 Å². The number of carbonyl (C=O) groups excluding carboxylic acids is 4. The molecule has 0 heterocycles. The minimum atomic E-state index is -2.71. The SMILES string of the molecule is CN(C)C(=O)C(O)c1ccc(-c2ccc(O)c3c2C[C@@H]2C[C@H]4C(N(C)C)C(=O)C(C(N)=O)=C(O)[C@@]4(O)C(=O)C2=C3O)cc1. The fourth-order valence-electron chi connectivity index (χ4n) is 6.75. The summed E-state index contributed by atoms with van der Waals surface area (Å²) < 4.78 is 0. The average Bonchev–Trinajstić information content (AvgIpc) is 2.94. The number of amides is 2. The molecule has 43 heavy (non-hydrogen) atoms. The lowest BCUT2D eigenvalue weighted by Gasteiger charge is -2.50. The number of benzene rings is 2. The summed E-state index contributed by atoms with van der Waals surface area (Å²) in [6.07, 6.45) is -1.26. The van der Waals surface area contributed by atoms with Crippen LogP contribution in [0.25, 0.3) is 16.9 Å². The molecule has 12 nitrogen and oxygen atoms in total. The first-order valence-corrected chi connectivity index (χ1v) is 13.6. The Morgan fingerprint density at radius 1 is 1.00 bits per heavy atom. The summed E-state index contributed by atoms with van der Waals surface area (Å²) >= 11 is 0. The Bertz CT molecular complexity index is 1640. The van der Waals surface area contributed by atoms with E-state index in [4.69, 9.17) is 5.73 Å². The quantitative estimate of drug-likeness (QED) is 0.270. The van der Waals surface area contributed by atoms with Crippen molar-refractivity contribution in [3.63, 3.8) is 0 Å². The summed E-state index contributed by atoms with van der Waals surface area (Å²) in [5.74, 6) is -7.63. The van der Waals surface area contributed by atoms with Gasteiger partial charge in [0.05, 0.1) is 11.6 Å². The standard InChI is InChI=1S/C31H33N3O9/c1-33(2)23-18-12-15-11-17-16(13-5-7-14(8-6-13)24(36)30(42)34(3)4)9-10-19(35)21(17)25(37)20(15)27(39)31(18,43)28(40)22(26(23)38)29(32)41/h5-10,15,18,23-24,35-37,40,43H,11-12H2,1-4H3,(H2,32,41)/t15-,18+,23?,24?,31+/m1/s1. The number of likely N-dealkylation sites (N-methyl/N-ethyl adjacent to an activating group) is 2. The van der Waals surface area contributed by atoms with E-state index < -0.39 is 70.1 Å². The van der Waals surface area contributed by atoms with Gasteiger partial charge in [-0.2, -0.15) is 0 Å². The van der Waals surface area contributed by atoms with Crippen LogP contribution in [0, 0.1) is 11.8 Å². The number of aromatic hydroxyl groups is 1. The van der Waals surface area contributed by atoms with E-state index >= 15 is 0 Å². The summed E-state index contributed by atoms with van der Waals surface area (Å²) in [6, 6.07) is 8.37. The Kier molecular flexibility index (Phi) is 7.20. The van der Waals surface area contributed by atoms with E-state index in [1.807, 2.05) is 0 Å². The normalized spacial score (nSPS) is 25.7. The van der Waals surface area contributed by atoms with Gasteiger partial charge in [-0.1, -0.05) is 30.3 Å². The van der Waals surface area contributed by atoms with Crippen molar-refractivity contribution < 1.29 is 44.7 Å². The van der Waals surface area contributed by atoms with Crippen molar-refractivity contribution in [1.29, 1.82) is 0 Å². The Hall–Kier alpha value is -4.52. The Morgan fingerprint density at radius 3 is 2.19 bits per heavy atom. The van der Waals surface area contributed by atoms with Gasteiger partial charge >= 0.3 is 0 Å². The second-order valence-corrected chi connectivity index (χ2v) is 11.7. The number of fused-ring (bicyclic) bond motifs is 3. The van der Waals surface area contributed by atoms with Crippen LogP contribution >= 0.6 is 0 Å². The van der Waals surface area contributed by atoms with Gasteiger partial charge in [0.15, 0.2) is 17.5 Å². The molecule has 1 saturated carbocycles. The fourth-order valence-corrected chi connectivity index (χ4v) is 6.75. The molecule has 1 fully saturated rings. The van der Waals surface area contributed by atoms with Gasteiger partial charge < -0.3 is 36.2 Å². The lowest BCUT2D eigenvalue weighted by atomic mass is 9.57. The van der Waals surface area contributed by atoms with Crippen LogP contribution in [0.1, 0.15) is 29.2 Å². The molecule has 0 aromatic heterocycles. The minimum absolute atomic E-state index is 0.0271. The van der Waals surface area contributed by atoms with Gasteiger partial charge in [-0.3, -0.25) is 24.1 Å². The van der Waals surface area contributed by atoms with E-state index in [0.717, 1.165) is 0 Å². The average molecular weight is 592 g/mol. The molecule has 0 aliphatic heterocycles. The number of Topliss-reactive ketones (excluding diaryl/α,β-unsaturated/α-hetero) is 2. The van der Waals surface area contributed by atoms with Gasteiger partial charge in [-0.25, -0.2) is 0 Å². The van der Waals surface area contributed by atoms with Crippen LogP contribution < -0.4 is 5.73 Å². The zero-order valence-electron chi connectivity index (χ0n) is 24.0. The molecular formula is C31H33N3O9. The molecule has 0 bridgehead atoms. The van der Waals surface area contributed by atoms with Crippen molar-refractivity contribution in [3.05, 3.63) is 70.0 Å². The predicted octanol–water partition coefficient (Wildman–Crippen LogP) is 0.753. The van der Waals surface area contributed by atoms with Crippen molar-refractivity contribution in [2.75, 3.05) is 28.2 Å². The number of nitrogens with two attached hydrogens (primary N) is 1. The number of hydrogen-bond donors (Lipinski definition) is 6. The smallest absolute Gasteiger partial charge is 0.255 e. The molecule has 0 saturated heterocycles. The monoisotopic (exact) mass is 591 g/mol. The summed E-state index contributed by atoms with van der Waals surface area (Å²) in [5.41, 5.74) is 3.64. The number of rotatable bonds is 5. The maximum absolute atomic E-state index is 14.0. The second-order valence-electron chi connectivity index (χ2n) is 11.7. The number of phenolic OH excluding ortho intramolecular Hbond substituents is 1. The highest BCUT2D eigenvalue weighted by Gasteiger charge is 2.64. The molecule has 0 radical (unpaired) electrons. The van der Waals surface area contributed by atoms with E-state index in [1.54, 1.807) is 30.3 Å². The Balaban J connectivity index is 1.64. The third-order valence-electron chi connectivity index (χ3n) is 8.82. The van der Waals surface area contributed by atoms with E-state index in [-0.39, 0.29) is 29.7 Å². The molecule has 3 aliphatic carbocycles. The lowest BCUT2D eigenvalue weighted by Crippen LogP contribution is -2.65. The summed E-state index contributed by atoms with van der Waals surface area (Å²) in [6.45, 7) is 0. The maximum Gasteiger partial charge on any atom is 0.255 e. The molecule has 5 rings (SSSR count). The van der Waals surface area contributed by atoms with Crippen LogP contribution in [0.2, 0.25) is 0 Å². The van der Waals surface area contributed by atoms with E-state index in [1.165, 1.54) is 44.1 Å². The van der Waals surface area contributed by atoms with Crippen molar-refractivity contribution >= 4 is 29.1 Å². The number of carbonyl (C=O) groups is 4. The second kappa shape index (κ2) is 10.3. The first kappa shape index (κ1) is 30.0. The molecule has 226 valence electrons. The summed E-state index contributed by atoms with van der Waals surface area (Å²) in [4.78, 5) is 54.3. The zero-order valence-corrected chi connectivity index (χ0v) is 24.0. The summed E-state index contributed by atoms with van der Waals surface area (Å²) in [7, 11) is 6.14. The molecule has 2 aromatic carbocycles. The van der Waals surface area contributed by atoms with Crippen molar-refractivity contribution in [3.8, 4) is 16.9 Å². The number of primary amides is 1. The van der Waals surface area contributed by atoms with Gasteiger partial charge in [0.1, 0.15) is 22.8 Å². The molecule has 12 heteroatoms. The zero-order chi connectivity index (χ0) is 31.7. The number of ketones is 2. The minimum Gasteiger partial charge on any atom is -0.508 e. The Morgan fingerprint density at radius 2 is 1.63 bits per heavy atom. The molecule has 2 aromatic rings. The van der Waals surface area contributed by atoms with Gasteiger partial charge in [-0.05, 0) is 61.2 Å². The molecule has 2 amide bonds. The topological polar surface area (TPSA) is 202 Å². The number of aliphatic hydroxyl groups excluding tert-OH is 3. The summed E-state index contributed by atoms with van der Waals surface area (Å²) in [5, 5.41) is 55.3. The third-order valence-corrected chi connectivity index (χ3v) is 8.82. The molecule has 0 spiro atoms. The van der Waals surface area contributed by atoms with E-state index in [0.29, 0.717) is 22.3 Å². The fraction of sp³-hybridized carbons (Fsp3) is 0.355. The third kappa shape index (κ3) is 4.32. The van der Waals surface area contributed by atoms with Gasteiger partial charge in [0.2, 0.25) is 5.78 Å². The first-order valence-electron chi connectivity index (χ1n) is 13.6. The van der Waals surface area contributed by atoms with Crippen LogP contribution in [-0.4, -0.2) is 98.5 Å². The number of aliphatic hydroxyl groups is 4. The number of hydrogen-bond acceptors (Lipinski definition) is 10. The first-order chi connectivity index (χ1) is 20.1. The maximum atomic E-state index is 14.0. The molecule has 3 aliphatic rings. The highest BCUT2D eigenvalue weighted by atomic mass is 16.3. The Labute approximate surface area is 247 Å². The highest BCUT2D eigenvalue weighted by Crippen LogP contribution is 2.53. The largest absolute Gasteiger partial charge is 0.508 e. The van der Waals surface area contributed by atoms with Crippen LogP contribution in [0.5, 0.6) is 5.75 Å². The van der Waals surface area contributed by atoms with Crippen LogP contribution in [-0.2, 0) is 25.6 Å². The molecule has 7 N–H and O–H groups in total. The van der Waals surface area contributed by atoms with E-state index in [2.05, 4.69) is 0 Å². The number of phenols is 1. The van der Waals surface area contributed by atoms with Crippen molar-refractivity contribution in [2.24, 2.45) is 17.6 Å². The van der Waals surface area contributed by atoms with Gasteiger partial charge in [-0.15, -0.1) is 0 Å². The molecular weight excluding hydrogens is 558 g/mol. The predicted molar refractivity (Wildman–Crippen MR) is 153 cm³/mol. The molecule has 2 unspecified atom stereocenters.